The monoisotopic (exact) mass is 1430 g/mol. The first-order valence-electron chi connectivity index (χ1n) is 23.5. The van der Waals surface area contributed by atoms with Crippen LogP contribution in [0.2, 0.25) is 0 Å². The molecule has 0 spiro atoms. The van der Waals surface area contributed by atoms with Gasteiger partial charge in [-0.15, -0.1) is 0 Å². The zero-order valence-corrected chi connectivity index (χ0v) is 45.7. The minimum Gasteiger partial charge on any atom is -0.460 e. The lowest BCUT2D eigenvalue weighted by molar-refractivity contribution is -0.562. The summed E-state index contributed by atoms with van der Waals surface area (Å²) in [4.78, 5) is 68.3. The second-order valence-corrected chi connectivity index (χ2v) is 17.7. The average Bonchev–Trinajstić information content (AvgIpc) is 0.704. The SMILES string of the molecule is C=C(F)C(=O)OCCC(F)(F)OCC(COCC(F)(F)COC(=O)C(=C)F)(C(F)(F)OC(F)(F)CCOC(=O)C(=C)F)C(F)(F)OC(F)(F)C(COCC(F)(F)COC(=O)C(=C)F)(C(F)(F)OCC(F)(F)COC(=O)C(=C)F)C(F)(F)OC(F)(F)CCOC(=O)C(=C)F. The lowest BCUT2D eigenvalue weighted by Crippen LogP contribution is -2.72. The third-order valence-corrected chi connectivity index (χ3v) is 10.2. The number of ether oxygens (including phenoxy) is 13. The molecule has 0 rings (SSSR count). The summed E-state index contributed by atoms with van der Waals surface area (Å²) in [7, 11) is 0. The first-order chi connectivity index (χ1) is 41.7. The lowest BCUT2D eigenvalue weighted by atomic mass is 9.82. The highest BCUT2D eigenvalue weighted by Crippen LogP contribution is 2.64. The van der Waals surface area contributed by atoms with Gasteiger partial charge in [-0.25, -0.2) is 55.1 Å². The maximum Gasteiger partial charge on any atom is 0.385 e. The number of halogens is 28. The van der Waals surface area contributed by atoms with E-state index in [1.165, 1.54) is 0 Å². The Morgan fingerprint density at radius 1 is 0.269 bits per heavy atom. The second kappa shape index (κ2) is 32.9. The Morgan fingerprint density at radius 2 is 0.538 bits per heavy atom. The van der Waals surface area contributed by atoms with Gasteiger partial charge >= 0.3 is 102 Å². The summed E-state index contributed by atoms with van der Waals surface area (Å²) in [6, 6.07) is 0. The molecule has 0 heterocycles. The summed E-state index contributed by atoms with van der Waals surface area (Å²) in [5.74, 6) is -45.4. The fourth-order valence-corrected chi connectivity index (χ4v) is 5.56. The number of esters is 6. The van der Waals surface area contributed by atoms with Gasteiger partial charge in [0.2, 0.25) is 35.0 Å². The summed E-state index contributed by atoms with van der Waals surface area (Å²) in [5, 5.41) is 0. The van der Waals surface area contributed by atoms with E-state index in [2.05, 4.69) is 101 Å². The number of alkyl halides is 22. The quantitative estimate of drug-likeness (QED) is 0.0239. The van der Waals surface area contributed by atoms with Crippen molar-refractivity contribution in [2.24, 2.45) is 10.8 Å². The van der Waals surface area contributed by atoms with Crippen molar-refractivity contribution in [1.29, 1.82) is 0 Å². The van der Waals surface area contributed by atoms with Gasteiger partial charge in [0.15, 0.2) is 25.2 Å². The maximum atomic E-state index is 17.3. The number of hydrogen-bond donors (Lipinski definition) is 0. The zero-order chi connectivity index (χ0) is 73.2. The first kappa shape index (κ1) is 86.0. The summed E-state index contributed by atoms with van der Waals surface area (Å²) in [6.07, 6.45) is -68.5. The largest absolute Gasteiger partial charge is 0.460 e. The molecule has 0 saturated heterocycles. The van der Waals surface area contributed by atoms with Gasteiger partial charge in [-0.1, -0.05) is 39.5 Å². The summed E-state index contributed by atoms with van der Waals surface area (Å²) in [6.45, 7) is -25.4. The van der Waals surface area contributed by atoms with E-state index >= 15 is 70.2 Å². The van der Waals surface area contributed by atoms with Crippen molar-refractivity contribution in [3.05, 3.63) is 74.4 Å². The number of carbonyl (C=O) groups is 6. The van der Waals surface area contributed by atoms with E-state index in [1.54, 1.807) is 0 Å². The van der Waals surface area contributed by atoms with Gasteiger partial charge in [0.1, 0.15) is 39.6 Å². The van der Waals surface area contributed by atoms with Crippen LogP contribution in [0.3, 0.4) is 0 Å². The van der Waals surface area contributed by atoms with Crippen LogP contribution >= 0.6 is 0 Å². The molecule has 0 bridgehead atoms. The smallest absolute Gasteiger partial charge is 0.385 e. The van der Waals surface area contributed by atoms with Crippen molar-refractivity contribution in [3.63, 3.8) is 0 Å². The van der Waals surface area contributed by atoms with Crippen LogP contribution in [-0.2, 0) is 90.3 Å². The Balaban J connectivity index is 9.52. The predicted molar refractivity (Wildman–Crippen MR) is 237 cm³/mol. The average molecular weight is 1430 g/mol. The van der Waals surface area contributed by atoms with Gasteiger partial charge in [0.25, 0.3) is 5.41 Å². The Labute approximate surface area is 499 Å². The van der Waals surface area contributed by atoms with Crippen molar-refractivity contribution in [2.75, 3.05) is 79.3 Å². The van der Waals surface area contributed by atoms with Gasteiger partial charge in [0.05, 0.1) is 39.1 Å². The van der Waals surface area contributed by atoms with Gasteiger partial charge in [-0.05, 0) is 0 Å². The standard InChI is InChI=1S/C46H42F28O19/c1-22(47)28(75)83-10-7-39(59,60)89-14-34(13-81-15-35(53,54)17-86-31(78)25(4)50,42(65,66)91-40(61,62)8-11-84-29(76)23(2)48)43(67,68)93-46(73,74)38(21-82-16-36(55,56)18-87-32(79)26(5)51,44(69,70)90-20-37(57,58)19-88-33(80)27(6)52)45(71,72)92-41(63,64)9-12-85-30(77)24(3)49/h1-21H2. The van der Waals surface area contributed by atoms with Crippen molar-refractivity contribution >= 4 is 35.8 Å². The van der Waals surface area contributed by atoms with Crippen molar-refractivity contribution < 1.29 is 213 Å². The van der Waals surface area contributed by atoms with Crippen molar-refractivity contribution in [1.82, 2.24) is 0 Å². The molecule has 0 aliphatic carbocycles. The fraction of sp³-hybridized carbons (Fsp3) is 0.609. The van der Waals surface area contributed by atoms with Gasteiger partial charge in [-0.3, -0.25) is 14.2 Å². The number of carbonyl (C=O) groups excluding carboxylic acids is 6. The molecule has 0 aromatic carbocycles. The Morgan fingerprint density at radius 3 is 0.871 bits per heavy atom. The van der Waals surface area contributed by atoms with E-state index in [9.17, 15) is 81.5 Å². The van der Waals surface area contributed by atoms with E-state index in [-0.39, 0.29) is 0 Å². The van der Waals surface area contributed by atoms with Gasteiger partial charge in [0, 0.05) is 0 Å². The van der Waals surface area contributed by atoms with Crippen LogP contribution in [0.15, 0.2) is 74.4 Å². The molecule has 536 valence electrons. The Hall–Kier alpha value is -6.98. The third-order valence-electron chi connectivity index (χ3n) is 10.2. The highest BCUT2D eigenvalue weighted by Gasteiger charge is 2.88. The molecule has 0 radical (unpaired) electrons. The summed E-state index contributed by atoms with van der Waals surface area (Å²) in [5.41, 5.74) is -15.1. The van der Waals surface area contributed by atoms with Crippen LogP contribution < -0.4 is 0 Å². The summed E-state index contributed by atoms with van der Waals surface area (Å²) >= 11 is 0. The first-order valence-corrected chi connectivity index (χ1v) is 23.5. The van der Waals surface area contributed by atoms with Crippen LogP contribution in [0.4, 0.5) is 123 Å². The zero-order valence-electron chi connectivity index (χ0n) is 45.7. The molecule has 0 saturated carbocycles. The molecule has 0 fully saturated rings. The van der Waals surface area contributed by atoms with Gasteiger partial charge in [-0.2, -0.15) is 96.6 Å². The highest BCUT2D eigenvalue weighted by molar-refractivity contribution is 5.87. The maximum absolute atomic E-state index is 17.3. The minimum atomic E-state index is -8.70. The Bertz CT molecular complexity index is 2710. The molecule has 0 N–H and O–H groups in total. The van der Waals surface area contributed by atoms with Gasteiger partial charge < -0.3 is 47.4 Å². The van der Waals surface area contributed by atoms with Crippen molar-refractivity contribution in [3.8, 4) is 0 Å². The molecule has 47 heteroatoms. The molecule has 0 aromatic heterocycles. The van der Waals surface area contributed by atoms with E-state index < -0.39 is 247 Å². The highest BCUT2D eigenvalue weighted by atomic mass is 19.3. The lowest BCUT2D eigenvalue weighted by Gasteiger charge is -2.50. The molecule has 0 aromatic rings. The molecule has 0 amide bonds. The minimum absolute atomic E-state index is 2.14. The molecule has 0 aliphatic heterocycles. The Kier molecular flexibility index (Phi) is 30.5. The molecule has 93 heavy (non-hydrogen) atoms. The number of rotatable bonds is 46. The second-order valence-electron chi connectivity index (χ2n) is 17.7. The van der Waals surface area contributed by atoms with Crippen LogP contribution in [0.1, 0.15) is 19.3 Å². The number of hydrogen-bond acceptors (Lipinski definition) is 19. The van der Waals surface area contributed by atoms with E-state index in [1.807, 2.05) is 0 Å². The van der Waals surface area contributed by atoms with Crippen LogP contribution in [0, 0.1) is 10.8 Å². The molecule has 2 atom stereocenters. The van der Waals surface area contributed by atoms with Crippen molar-refractivity contribution in [2.45, 2.75) is 85.9 Å². The normalized spacial score (nSPS) is 14.6. The predicted octanol–water partition coefficient (Wildman–Crippen LogP) is 11.1. The van der Waals surface area contributed by atoms with E-state index in [0.29, 0.717) is 0 Å². The molecule has 0 aliphatic rings. The fourth-order valence-electron chi connectivity index (χ4n) is 5.56. The molecule has 19 nitrogen and oxygen atoms in total. The third kappa shape index (κ3) is 26.4. The summed E-state index contributed by atoms with van der Waals surface area (Å²) < 4.78 is 474. The van der Waals surface area contributed by atoms with Crippen LogP contribution in [-0.4, -0.2) is 182 Å². The van der Waals surface area contributed by atoms with Crippen LogP contribution in [0.5, 0.6) is 0 Å². The molecule has 2 unspecified atom stereocenters. The topological polar surface area (TPSA) is 222 Å². The van der Waals surface area contributed by atoms with E-state index in [4.69, 9.17) is 0 Å². The van der Waals surface area contributed by atoms with E-state index in [0.717, 1.165) is 0 Å². The molecular weight excluding hydrogens is 1390 g/mol. The molecular formula is C46H42F28O19. The van der Waals surface area contributed by atoms with Crippen LogP contribution in [0.25, 0.3) is 0 Å².